The summed E-state index contributed by atoms with van der Waals surface area (Å²) < 4.78 is 16.4. The lowest BCUT2D eigenvalue weighted by Gasteiger charge is -2.16. The smallest absolute Gasteiger partial charge is 0.344 e. The van der Waals surface area contributed by atoms with Crippen LogP contribution in [0.15, 0.2) is 52.4 Å². The molecular formula is C23H24N2O6S. The molecule has 0 spiro atoms. The Morgan fingerprint density at radius 1 is 1.22 bits per heavy atom. The predicted octanol–water partition coefficient (Wildman–Crippen LogP) is 4.23. The maximum atomic E-state index is 12.4. The quantitative estimate of drug-likeness (QED) is 0.544. The summed E-state index contributed by atoms with van der Waals surface area (Å²) in [6.45, 7) is 3.94. The maximum Gasteiger partial charge on any atom is 0.344 e. The molecule has 32 heavy (non-hydrogen) atoms. The molecule has 0 saturated carbocycles. The predicted molar refractivity (Wildman–Crippen MR) is 124 cm³/mol. The number of hydrogen-bond acceptors (Lipinski definition) is 7. The van der Waals surface area contributed by atoms with E-state index in [4.69, 9.17) is 14.2 Å². The van der Waals surface area contributed by atoms with E-state index in [2.05, 4.69) is 10.3 Å². The van der Waals surface area contributed by atoms with Crippen molar-refractivity contribution in [3.05, 3.63) is 52.9 Å². The number of aliphatic imine (C=N–C) groups is 1. The third-order valence-electron chi connectivity index (χ3n) is 4.42. The number of amidine groups is 1. The Kier molecular flexibility index (Phi) is 7.77. The summed E-state index contributed by atoms with van der Waals surface area (Å²) >= 11 is 1.22. The molecule has 2 aromatic carbocycles. The zero-order valence-corrected chi connectivity index (χ0v) is 18.8. The maximum absolute atomic E-state index is 12.4. The molecule has 8 nitrogen and oxygen atoms in total. The molecule has 1 aliphatic rings. The van der Waals surface area contributed by atoms with Gasteiger partial charge in [-0.05, 0) is 61.0 Å². The van der Waals surface area contributed by atoms with Crippen LogP contribution in [0.1, 0.15) is 25.8 Å². The standard InChI is InChI=1S/C23H24N2O6S/c1-4-17(22(27)28)31-18-10-9-14(11-19(18)30-5-2)12-20-21(26)25-23(32-20)24-15-7-6-8-16(13-15)29-3/h6-13,17H,4-5H2,1-3H3,(H,27,28)(H,24,25,26)/b20-12+. The minimum atomic E-state index is -1.04. The van der Waals surface area contributed by atoms with Gasteiger partial charge in [0.05, 0.1) is 24.3 Å². The number of benzene rings is 2. The Hall–Kier alpha value is -3.46. The number of carbonyl (C=O) groups is 2. The van der Waals surface area contributed by atoms with Crippen LogP contribution in [-0.2, 0) is 9.59 Å². The van der Waals surface area contributed by atoms with Crippen molar-refractivity contribution in [2.45, 2.75) is 26.4 Å². The molecule has 1 aliphatic heterocycles. The topological polar surface area (TPSA) is 106 Å². The minimum absolute atomic E-state index is 0.258. The lowest BCUT2D eigenvalue weighted by Crippen LogP contribution is -2.26. The van der Waals surface area contributed by atoms with Gasteiger partial charge >= 0.3 is 5.97 Å². The minimum Gasteiger partial charge on any atom is -0.497 e. The molecule has 2 N–H and O–H groups in total. The van der Waals surface area contributed by atoms with E-state index < -0.39 is 12.1 Å². The highest BCUT2D eigenvalue weighted by atomic mass is 32.2. The number of carboxylic acids is 1. The highest BCUT2D eigenvalue weighted by Gasteiger charge is 2.24. The molecule has 3 rings (SSSR count). The monoisotopic (exact) mass is 456 g/mol. The summed E-state index contributed by atoms with van der Waals surface area (Å²) in [5.74, 6) is 0.132. The van der Waals surface area contributed by atoms with Gasteiger partial charge in [0.15, 0.2) is 22.8 Å². The van der Waals surface area contributed by atoms with Crippen LogP contribution >= 0.6 is 11.8 Å². The van der Waals surface area contributed by atoms with E-state index in [1.165, 1.54) is 11.8 Å². The first-order valence-corrected chi connectivity index (χ1v) is 10.8. The molecule has 2 aromatic rings. The van der Waals surface area contributed by atoms with Gasteiger partial charge in [-0.2, -0.15) is 0 Å². The highest BCUT2D eigenvalue weighted by Crippen LogP contribution is 2.33. The van der Waals surface area contributed by atoms with Crippen molar-refractivity contribution < 1.29 is 28.9 Å². The molecule has 1 unspecified atom stereocenters. The Balaban J connectivity index is 1.82. The van der Waals surface area contributed by atoms with Crippen LogP contribution in [-0.4, -0.2) is 42.0 Å². The average molecular weight is 457 g/mol. The van der Waals surface area contributed by atoms with E-state index in [-0.39, 0.29) is 5.91 Å². The molecule has 1 amide bonds. The summed E-state index contributed by atoms with van der Waals surface area (Å²) in [7, 11) is 1.58. The number of carbonyl (C=O) groups excluding carboxylic acids is 1. The van der Waals surface area contributed by atoms with E-state index in [1.807, 2.05) is 25.1 Å². The molecule has 168 valence electrons. The molecule has 1 atom stereocenters. The zero-order chi connectivity index (χ0) is 23.1. The van der Waals surface area contributed by atoms with Crippen molar-refractivity contribution in [2.24, 2.45) is 4.99 Å². The summed E-state index contributed by atoms with van der Waals surface area (Å²) in [4.78, 5) is 28.6. The van der Waals surface area contributed by atoms with Crippen molar-refractivity contribution in [2.75, 3.05) is 13.7 Å². The number of amides is 1. The Morgan fingerprint density at radius 3 is 2.72 bits per heavy atom. The zero-order valence-electron chi connectivity index (χ0n) is 18.0. The third-order valence-corrected chi connectivity index (χ3v) is 5.33. The van der Waals surface area contributed by atoms with Gasteiger partial charge in [0.25, 0.3) is 5.91 Å². The Bertz CT molecular complexity index is 1070. The van der Waals surface area contributed by atoms with Crippen LogP contribution in [0.4, 0.5) is 5.69 Å². The number of hydrogen-bond donors (Lipinski definition) is 2. The molecular weight excluding hydrogens is 432 g/mol. The largest absolute Gasteiger partial charge is 0.497 e. The van der Waals surface area contributed by atoms with E-state index in [0.717, 1.165) is 0 Å². The van der Waals surface area contributed by atoms with Crippen LogP contribution in [0.5, 0.6) is 17.2 Å². The Labute approximate surface area is 190 Å². The fourth-order valence-electron chi connectivity index (χ4n) is 2.87. The molecule has 1 fully saturated rings. The first-order chi connectivity index (χ1) is 15.4. The SMILES string of the molecule is CCOc1cc(/C=C2/SC(=Nc3cccc(OC)c3)NC2=O)ccc1OC(CC)C(=O)O. The van der Waals surface area contributed by atoms with Crippen LogP contribution < -0.4 is 19.5 Å². The van der Waals surface area contributed by atoms with Gasteiger partial charge < -0.3 is 24.6 Å². The van der Waals surface area contributed by atoms with Gasteiger partial charge in [-0.15, -0.1) is 0 Å². The summed E-state index contributed by atoms with van der Waals surface area (Å²) in [5, 5.41) is 12.5. The van der Waals surface area contributed by atoms with E-state index >= 15 is 0 Å². The number of thioether (sulfide) groups is 1. The number of carboxylic acid groups (broad SMARTS) is 1. The first kappa shape index (κ1) is 23.2. The van der Waals surface area contributed by atoms with Crippen molar-refractivity contribution >= 4 is 40.6 Å². The van der Waals surface area contributed by atoms with E-state index in [9.17, 15) is 14.7 Å². The highest BCUT2D eigenvalue weighted by molar-refractivity contribution is 8.18. The fourth-order valence-corrected chi connectivity index (χ4v) is 3.71. The lowest BCUT2D eigenvalue weighted by molar-refractivity contribution is -0.145. The van der Waals surface area contributed by atoms with Crippen LogP contribution in [0, 0.1) is 0 Å². The summed E-state index contributed by atoms with van der Waals surface area (Å²) in [6, 6.07) is 12.3. The Morgan fingerprint density at radius 2 is 2.03 bits per heavy atom. The van der Waals surface area contributed by atoms with Gasteiger partial charge in [-0.25, -0.2) is 9.79 Å². The van der Waals surface area contributed by atoms with Crippen LogP contribution in [0.2, 0.25) is 0 Å². The van der Waals surface area contributed by atoms with Gasteiger partial charge in [0, 0.05) is 6.07 Å². The number of ether oxygens (including phenoxy) is 3. The van der Waals surface area contributed by atoms with Crippen LogP contribution in [0.3, 0.4) is 0 Å². The molecule has 0 bridgehead atoms. The summed E-state index contributed by atoms with van der Waals surface area (Å²) in [6.07, 6.45) is 1.07. The molecule has 0 aromatic heterocycles. The first-order valence-electron chi connectivity index (χ1n) is 10.0. The fraction of sp³-hybridized carbons (Fsp3) is 0.261. The number of rotatable bonds is 9. The van der Waals surface area contributed by atoms with Crippen LogP contribution in [0.25, 0.3) is 6.08 Å². The lowest BCUT2D eigenvalue weighted by atomic mass is 10.1. The van der Waals surface area contributed by atoms with E-state index in [1.54, 1.807) is 44.4 Å². The number of aliphatic carboxylic acids is 1. The number of nitrogens with zero attached hydrogens (tertiary/aromatic N) is 1. The second-order valence-electron chi connectivity index (χ2n) is 6.68. The van der Waals surface area contributed by atoms with Gasteiger partial charge in [-0.3, -0.25) is 4.79 Å². The van der Waals surface area contributed by atoms with Crippen molar-refractivity contribution in [1.82, 2.24) is 5.32 Å². The van der Waals surface area contributed by atoms with Gasteiger partial charge in [0.1, 0.15) is 5.75 Å². The molecule has 0 radical (unpaired) electrons. The number of methoxy groups -OCH3 is 1. The molecule has 1 heterocycles. The summed E-state index contributed by atoms with van der Waals surface area (Å²) in [5.41, 5.74) is 1.38. The third kappa shape index (κ3) is 5.82. The molecule has 1 saturated heterocycles. The molecule has 0 aliphatic carbocycles. The van der Waals surface area contributed by atoms with Crippen molar-refractivity contribution in [1.29, 1.82) is 0 Å². The van der Waals surface area contributed by atoms with Crippen molar-refractivity contribution in [3.63, 3.8) is 0 Å². The molecule has 9 heteroatoms. The second kappa shape index (κ2) is 10.7. The van der Waals surface area contributed by atoms with Gasteiger partial charge in [0.2, 0.25) is 0 Å². The number of nitrogens with one attached hydrogen (secondary N) is 1. The average Bonchev–Trinajstić information content (AvgIpc) is 3.11. The van der Waals surface area contributed by atoms with Gasteiger partial charge in [-0.1, -0.05) is 19.1 Å². The van der Waals surface area contributed by atoms with Crippen molar-refractivity contribution in [3.8, 4) is 17.2 Å². The normalized spacial score (nSPS) is 16.7. The van der Waals surface area contributed by atoms with E-state index in [0.29, 0.717) is 51.6 Å². The second-order valence-corrected chi connectivity index (χ2v) is 7.71.